The molecule has 0 spiro atoms. The molecule has 2 rings (SSSR count). The molecule has 4 nitrogen and oxygen atoms in total. The molecule has 15 heavy (non-hydrogen) atoms. The van der Waals surface area contributed by atoms with Crippen LogP contribution in [0.5, 0.6) is 0 Å². The second-order valence-electron chi connectivity index (χ2n) is 4.82. The van der Waals surface area contributed by atoms with E-state index >= 15 is 0 Å². The molecular weight excluding hydrogens is 192 g/mol. The number of rotatable bonds is 2. The van der Waals surface area contributed by atoms with Crippen LogP contribution in [-0.4, -0.2) is 20.3 Å². The van der Waals surface area contributed by atoms with Crippen molar-refractivity contribution in [3.8, 4) is 0 Å². The molecule has 0 bridgehead atoms. The second-order valence-corrected chi connectivity index (χ2v) is 4.82. The Kier molecular flexibility index (Phi) is 2.69. The third-order valence-corrected chi connectivity index (χ3v) is 3.25. The number of imidazole rings is 1. The van der Waals surface area contributed by atoms with Crippen molar-refractivity contribution >= 4 is 0 Å². The molecule has 0 amide bonds. The molecule has 4 heteroatoms. The van der Waals surface area contributed by atoms with Crippen molar-refractivity contribution in [3.63, 3.8) is 0 Å². The fraction of sp³-hybridized carbons (Fsp3) is 0.727. The van der Waals surface area contributed by atoms with Crippen molar-refractivity contribution in [1.29, 1.82) is 0 Å². The highest BCUT2D eigenvalue weighted by molar-refractivity contribution is 4.88. The lowest BCUT2D eigenvalue weighted by molar-refractivity contribution is -0.0278. The smallest absolute Gasteiger partial charge is 0.325 e. The van der Waals surface area contributed by atoms with Crippen LogP contribution in [0, 0.1) is 5.92 Å². The standard InChI is InChI=1S/C11H18N2O2/c1-9-3-2-4-11(15,7-9)8-13-6-5-12-10(13)14/h5-6,9,15H,2-4,7-8H2,1H3,(H,12,14). The van der Waals surface area contributed by atoms with Gasteiger partial charge in [-0.25, -0.2) is 4.79 Å². The van der Waals surface area contributed by atoms with Gasteiger partial charge < -0.3 is 10.1 Å². The molecular formula is C11H18N2O2. The first-order valence-electron chi connectivity index (χ1n) is 5.55. The van der Waals surface area contributed by atoms with Crippen LogP contribution in [0.1, 0.15) is 32.6 Å². The zero-order chi connectivity index (χ0) is 10.9. The van der Waals surface area contributed by atoms with Gasteiger partial charge in [-0.05, 0) is 18.8 Å². The summed E-state index contributed by atoms with van der Waals surface area (Å²) >= 11 is 0. The first kappa shape index (κ1) is 10.5. The maximum atomic E-state index is 11.3. The minimum absolute atomic E-state index is 0.137. The zero-order valence-electron chi connectivity index (χ0n) is 9.07. The molecule has 1 saturated carbocycles. The van der Waals surface area contributed by atoms with E-state index in [9.17, 15) is 9.90 Å². The van der Waals surface area contributed by atoms with Crippen LogP contribution in [0.25, 0.3) is 0 Å². The monoisotopic (exact) mass is 210 g/mol. The first-order chi connectivity index (χ1) is 7.09. The predicted molar refractivity (Wildman–Crippen MR) is 57.6 cm³/mol. The number of aromatic nitrogens is 2. The number of H-pyrrole nitrogens is 1. The average Bonchev–Trinajstić information content (AvgIpc) is 2.50. The molecule has 1 aliphatic carbocycles. The number of aromatic amines is 1. The number of aliphatic hydroxyl groups is 1. The summed E-state index contributed by atoms with van der Waals surface area (Å²) in [5, 5.41) is 10.4. The predicted octanol–water partition coefficient (Wildman–Crippen LogP) is 1.12. The summed E-state index contributed by atoms with van der Waals surface area (Å²) in [6.45, 7) is 2.57. The molecule has 0 radical (unpaired) electrons. The normalized spacial score (nSPS) is 31.7. The molecule has 2 N–H and O–H groups in total. The van der Waals surface area contributed by atoms with E-state index in [-0.39, 0.29) is 5.69 Å². The lowest BCUT2D eigenvalue weighted by Crippen LogP contribution is -2.40. The van der Waals surface area contributed by atoms with Crippen LogP contribution in [0.4, 0.5) is 0 Å². The van der Waals surface area contributed by atoms with Crippen LogP contribution in [0.2, 0.25) is 0 Å². The van der Waals surface area contributed by atoms with Gasteiger partial charge in [-0.1, -0.05) is 19.8 Å². The minimum Gasteiger partial charge on any atom is -0.388 e. The Morgan fingerprint density at radius 1 is 1.73 bits per heavy atom. The van der Waals surface area contributed by atoms with Gasteiger partial charge in [-0.15, -0.1) is 0 Å². The van der Waals surface area contributed by atoms with Gasteiger partial charge in [-0.2, -0.15) is 0 Å². The Bertz CT molecular complexity index is 382. The van der Waals surface area contributed by atoms with E-state index in [1.54, 1.807) is 17.0 Å². The molecule has 1 aromatic heterocycles. The van der Waals surface area contributed by atoms with E-state index in [0.29, 0.717) is 12.5 Å². The van der Waals surface area contributed by atoms with Crippen molar-refractivity contribution < 1.29 is 5.11 Å². The highest BCUT2D eigenvalue weighted by atomic mass is 16.3. The molecule has 2 atom stereocenters. The Balaban J connectivity index is 2.10. The van der Waals surface area contributed by atoms with E-state index in [0.717, 1.165) is 19.3 Å². The van der Waals surface area contributed by atoms with Gasteiger partial charge in [0.25, 0.3) is 0 Å². The Labute approximate surface area is 88.9 Å². The van der Waals surface area contributed by atoms with Gasteiger partial charge in [0.2, 0.25) is 0 Å². The Hall–Kier alpha value is -1.03. The molecule has 1 fully saturated rings. The summed E-state index contributed by atoms with van der Waals surface area (Å²) < 4.78 is 1.55. The van der Waals surface area contributed by atoms with Gasteiger partial charge in [0, 0.05) is 12.4 Å². The van der Waals surface area contributed by atoms with Crippen LogP contribution in [0.15, 0.2) is 17.2 Å². The fourth-order valence-corrected chi connectivity index (χ4v) is 2.57. The molecule has 1 heterocycles. The second kappa shape index (κ2) is 3.85. The summed E-state index contributed by atoms with van der Waals surface area (Å²) in [5.74, 6) is 0.554. The average molecular weight is 210 g/mol. The van der Waals surface area contributed by atoms with Crippen molar-refractivity contribution in [2.45, 2.75) is 44.8 Å². The van der Waals surface area contributed by atoms with E-state index in [1.807, 2.05) is 0 Å². The molecule has 1 aliphatic rings. The summed E-state index contributed by atoms with van der Waals surface area (Å²) in [4.78, 5) is 13.9. The van der Waals surface area contributed by atoms with Gasteiger partial charge in [-0.3, -0.25) is 4.57 Å². The van der Waals surface area contributed by atoms with E-state index in [2.05, 4.69) is 11.9 Å². The third kappa shape index (κ3) is 2.31. The molecule has 0 aromatic carbocycles. The quantitative estimate of drug-likeness (QED) is 0.768. The summed E-state index contributed by atoms with van der Waals surface area (Å²) in [5.41, 5.74) is -0.828. The summed E-state index contributed by atoms with van der Waals surface area (Å²) in [6, 6.07) is 0. The number of nitrogens with one attached hydrogen (secondary N) is 1. The highest BCUT2D eigenvalue weighted by Crippen LogP contribution is 2.32. The summed E-state index contributed by atoms with van der Waals surface area (Å²) in [6.07, 6.45) is 7.14. The van der Waals surface area contributed by atoms with Crippen LogP contribution >= 0.6 is 0 Å². The maximum Gasteiger partial charge on any atom is 0.325 e. The first-order valence-corrected chi connectivity index (χ1v) is 5.55. The molecule has 0 saturated heterocycles. The number of nitrogens with zero attached hydrogens (tertiary/aromatic N) is 1. The van der Waals surface area contributed by atoms with E-state index in [1.165, 1.54) is 6.42 Å². The fourth-order valence-electron chi connectivity index (χ4n) is 2.57. The third-order valence-electron chi connectivity index (χ3n) is 3.25. The van der Waals surface area contributed by atoms with E-state index < -0.39 is 5.60 Å². The highest BCUT2D eigenvalue weighted by Gasteiger charge is 2.33. The zero-order valence-corrected chi connectivity index (χ0v) is 9.07. The van der Waals surface area contributed by atoms with Crippen LogP contribution in [-0.2, 0) is 6.54 Å². The van der Waals surface area contributed by atoms with Gasteiger partial charge >= 0.3 is 5.69 Å². The maximum absolute atomic E-state index is 11.3. The van der Waals surface area contributed by atoms with Gasteiger partial charge in [0.05, 0.1) is 12.1 Å². The Morgan fingerprint density at radius 2 is 2.53 bits per heavy atom. The van der Waals surface area contributed by atoms with Crippen LogP contribution in [0.3, 0.4) is 0 Å². The van der Waals surface area contributed by atoms with Crippen molar-refractivity contribution in [1.82, 2.24) is 9.55 Å². The topological polar surface area (TPSA) is 58.0 Å². The molecule has 2 unspecified atom stereocenters. The summed E-state index contributed by atoms with van der Waals surface area (Å²) in [7, 11) is 0. The SMILES string of the molecule is CC1CCCC(O)(Cn2cc[nH]c2=O)C1. The Morgan fingerprint density at radius 3 is 3.13 bits per heavy atom. The van der Waals surface area contributed by atoms with Crippen molar-refractivity contribution in [2.75, 3.05) is 0 Å². The lowest BCUT2D eigenvalue weighted by Gasteiger charge is -2.35. The number of hydrogen-bond donors (Lipinski definition) is 2. The molecule has 84 valence electrons. The largest absolute Gasteiger partial charge is 0.388 e. The van der Waals surface area contributed by atoms with Crippen molar-refractivity contribution in [3.05, 3.63) is 22.9 Å². The van der Waals surface area contributed by atoms with Gasteiger partial charge in [0.1, 0.15) is 0 Å². The molecule has 1 aromatic rings. The van der Waals surface area contributed by atoms with Crippen molar-refractivity contribution in [2.24, 2.45) is 5.92 Å². The van der Waals surface area contributed by atoms with E-state index in [4.69, 9.17) is 0 Å². The lowest BCUT2D eigenvalue weighted by atomic mass is 9.79. The van der Waals surface area contributed by atoms with Crippen LogP contribution < -0.4 is 5.69 Å². The molecule has 0 aliphatic heterocycles. The van der Waals surface area contributed by atoms with Gasteiger partial charge in [0.15, 0.2) is 0 Å². The number of hydrogen-bond acceptors (Lipinski definition) is 2. The minimum atomic E-state index is -0.691.